The topological polar surface area (TPSA) is 145 Å². The van der Waals surface area contributed by atoms with Gasteiger partial charge in [-0.1, -0.05) is 11.6 Å². The molecule has 164 valence electrons. The number of sulfonamides is 1. The number of hydrogen-bond acceptors (Lipinski definition) is 7. The standard InChI is InChI=1S/C19H21ClN6O4S/c20-16-7-15(31(28,29)25-9-14-1-4-18(30-14)19(21)27)2-3-17(16)23-8-12-5-13(6-12)26-11-22-10-24-26/h1-4,7,10-13,23,25H,5-6,8-9H2,(H2,21,27). The van der Waals surface area contributed by atoms with Crippen LogP contribution in [-0.4, -0.2) is 35.6 Å². The maximum absolute atomic E-state index is 12.5. The first kappa shape index (κ1) is 21.3. The number of aromatic nitrogens is 3. The van der Waals surface area contributed by atoms with Crippen LogP contribution in [0.1, 0.15) is 35.2 Å². The minimum Gasteiger partial charge on any atom is -0.455 e. The Morgan fingerprint density at radius 1 is 1.29 bits per heavy atom. The average molecular weight is 465 g/mol. The fraction of sp³-hybridized carbons (Fsp3) is 0.316. The minimum atomic E-state index is -3.82. The summed E-state index contributed by atoms with van der Waals surface area (Å²) in [7, 11) is -3.82. The molecule has 1 aliphatic rings. The van der Waals surface area contributed by atoms with E-state index in [4.69, 9.17) is 21.8 Å². The third kappa shape index (κ3) is 4.89. The molecule has 12 heteroatoms. The summed E-state index contributed by atoms with van der Waals surface area (Å²) in [6.45, 7) is 0.609. The summed E-state index contributed by atoms with van der Waals surface area (Å²) in [6, 6.07) is 7.75. The first-order chi connectivity index (χ1) is 14.8. The lowest BCUT2D eigenvalue weighted by molar-refractivity contribution is 0.0972. The van der Waals surface area contributed by atoms with Crippen molar-refractivity contribution >= 4 is 33.2 Å². The molecule has 2 aromatic heterocycles. The van der Waals surface area contributed by atoms with E-state index in [0.29, 0.717) is 22.7 Å². The number of carbonyl (C=O) groups is 1. The second-order valence-corrected chi connectivity index (χ2v) is 9.52. The fourth-order valence-corrected chi connectivity index (χ4v) is 4.74. The maximum atomic E-state index is 12.5. The SMILES string of the molecule is NC(=O)c1ccc(CNS(=O)(=O)c2ccc(NCC3CC(n4cncn4)C3)c(Cl)c2)o1. The molecular formula is C19H21ClN6O4S. The van der Waals surface area contributed by atoms with Crippen molar-refractivity contribution in [1.82, 2.24) is 19.5 Å². The van der Waals surface area contributed by atoms with Gasteiger partial charge >= 0.3 is 0 Å². The third-order valence-corrected chi connectivity index (χ3v) is 6.91. The zero-order valence-electron chi connectivity index (χ0n) is 16.4. The molecule has 10 nitrogen and oxygen atoms in total. The first-order valence-electron chi connectivity index (χ1n) is 9.57. The molecule has 0 atom stereocenters. The van der Waals surface area contributed by atoms with Gasteiger partial charge < -0.3 is 15.5 Å². The normalized spacial score (nSPS) is 18.5. The number of hydrogen-bond donors (Lipinski definition) is 3. The van der Waals surface area contributed by atoms with Crippen LogP contribution in [0.15, 0.2) is 52.3 Å². The fourth-order valence-electron chi connectivity index (χ4n) is 3.40. The number of carbonyl (C=O) groups excluding carboxylic acids is 1. The van der Waals surface area contributed by atoms with Gasteiger partial charge in [0, 0.05) is 6.54 Å². The molecule has 0 saturated heterocycles. The van der Waals surface area contributed by atoms with Crippen LogP contribution < -0.4 is 15.8 Å². The number of benzene rings is 1. The summed E-state index contributed by atoms with van der Waals surface area (Å²) in [6.07, 6.45) is 5.24. The van der Waals surface area contributed by atoms with Crippen LogP contribution in [0.5, 0.6) is 0 Å². The van der Waals surface area contributed by atoms with Crippen LogP contribution in [0.25, 0.3) is 0 Å². The molecule has 1 aliphatic carbocycles. The van der Waals surface area contributed by atoms with Gasteiger partial charge in [-0.3, -0.25) is 4.79 Å². The molecule has 2 heterocycles. The highest BCUT2D eigenvalue weighted by atomic mass is 35.5. The first-order valence-corrected chi connectivity index (χ1v) is 11.4. The van der Waals surface area contributed by atoms with Gasteiger partial charge in [0.15, 0.2) is 5.76 Å². The summed E-state index contributed by atoms with van der Waals surface area (Å²) >= 11 is 6.30. The van der Waals surface area contributed by atoms with Crippen molar-refractivity contribution in [3.8, 4) is 0 Å². The Morgan fingerprint density at radius 3 is 2.74 bits per heavy atom. The van der Waals surface area contributed by atoms with E-state index in [1.54, 1.807) is 12.4 Å². The lowest BCUT2D eigenvalue weighted by Crippen LogP contribution is -2.31. The molecule has 1 amide bonds. The van der Waals surface area contributed by atoms with E-state index >= 15 is 0 Å². The number of halogens is 1. The molecule has 1 aromatic carbocycles. The number of furan rings is 1. The Bertz CT molecular complexity index is 1170. The van der Waals surface area contributed by atoms with Crippen molar-refractivity contribution in [2.24, 2.45) is 11.7 Å². The van der Waals surface area contributed by atoms with E-state index in [0.717, 1.165) is 19.4 Å². The number of anilines is 1. The molecule has 0 radical (unpaired) electrons. The number of nitrogens with two attached hydrogens (primary N) is 1. The van der Waals surface area contributed by atoms with E-state index in [1.165, 1.54) is 30.6 Å². The molecule has 0 spiro atoms. The molecule has 1 saturated carbocycles. The maximum Gasteiger partial charge on any atom is 0.284 e. The summed E-state index contributed by atoms with van der Waals surface area (Å²) in [5.41, 5.74) is 5.79. The second-order valence-electron chi connectivity index (χ2n) is 7.34. The molecular weight excluding hydrogens is 444 g/mol. The number of rotatable bonds is 9. The largest absolute Gasteiger partial charge is 0.455 e. The van der Waals surface area contributed by atoms with Crippen molar-refractivity contribution in [1.29, 1.82) is 0 Å². The molecule has 3 aromatic rings. The van der Waals surface area contributed by atoms with Crippen molar-refractivity contribution in [2.75, 3.05) is 11.9 Å². The summed E-state index contributed by atoms with van der Waals surface area (Å²) in [5, 5.41) is 7.74. The summed E-state index contributed by atoms with van der Waals surface area (Å²) in [4.78, 5) is 15.0. The molecule has 0 bridgehead atoms. The number of amides is 1. The van der Waals surface area contributed by atoms with E-state index in [1.807, 2.05) is 4.68 Å². The Hall–Kier alpha value is -2.89. The van der Waals surface area contributed by atoms with Gasteiger partial charge in [0.25, 0.3) is 5.91 Å². The minimum absolute atomic E-state index is 0.0274. The van der Waals surface area contributed by atoms with E-state index in [-0.39, 0.29) is 23.0 Å². The monoisotopic (exact) mass is 464 g/mol. The van der Waals surface area contributed by atoms with E-state index in [9.17, 15) is 13.2 Å². The lowest BCUT2D eigenvalue weighted by atomic mass is 9.80. The molecule has 4 N–H and O–H groups in total. The molecule has 0 aliphatic heterocycles. The van der Waals surface area contributed by atoms with Gasteiger partial charge in [0.1, 0.15) is 18.4 Å². The molecule has 0 unspecified atom stereocenters. The van der Waals surface area contributed by atoms with Crippen LogP contribution in [0.3, 0.4) is 0 Å². The Balaban J connectivity index is 1.31. The average Bonchev–Trinajstić information content (AvgIpc) is 3.38. The lowest BCUT2D eigenvalue weighted by Gasteiger charge is -2.35. The third-order valence-electron chi connectivity index (χ3n) is 5.19. The number of primary amides is 1. The van der Waals surface area contributed by atoms with E-state index < -0.39 is 15.9 Å². The van der Waals surface area contributed by atoms with Crippen molar-refractivity contribution in [2.45, 2.75) is 30.3 Å². The molecule has 4 rings (SSSR count). The van der Waals surface area contributed by atoms with Crippen molar-refractivity contribution < 1.29 is 17.6 Å². The highest BCUT2D eigenvalue weighted by molar-refractivity contribution is 7.89. The highest BCUT2D eigenvalue weighted by Crippen LogP contribution is 2.37. The number of nitrogens with one attached hydrogen (secondary N) is 2. The van der Waals surface area contributed by atoms with Gasteiger partial charge in [0.2, 0.25) is 10.0 Å². The van der Waals surface area contributed by atoms with Crippen LogP contribution in [-0.2, 0) is 16.6 Å². The van der Waals surface area contributed by atoms with Crippen molar-refractivity contribution in [3.63, 3.8) is 0 Å². The predicted molar refractivity (Wildman–Crippen MR) is 113 cm³/mol. The zero-order valence-corrected chi connectivity index (χ0v) is 17.9. The quantitative estimate of drug-likeness (QED) is 0.439. The van der Waals surface area contributed by atoms with Crippen LogP contribution in [0.4, 0.5) is 5.69 Å². The van der Waals surface area contributed by atoms with Gasteiger partial charge in [-0.25, -0.2) is 22.8 Å². The molecule has 31 heavy (non-hydrogen) atoms. The van der Waals surface area contributed by atoms with Gasteiger partial charge in [-0.2, -0.15) is 5.10 Å². The van der Waals surface area contributed by atoms with E-state index in [2.05, 4.69) is 20.1 Å². The Morgan fingerprint density at radius 2 is 2.10 bits per heavy atom. The van der Waals surface area contributed by atoms with Crippen LogP contribution in [0, 0.1) is 5.92 Å². The van der Waals surface area contributed by atoms with Gasteiger partial charge in [0.05, 0.1) is 28.2 Å². The van der Waals surface area contributed by atoms with Gasteiger partial charge in [-0.05, 0) is 49.1 Å². The highest BCUT2D eigenvalue weighted by Gasteiger charge is 2.30. The van der Waals surface area contributed by atoms with Crippen LogP contribution >= 0.6 is 11.6 Å². The van der Waals surface area contributed by atoms with Crippen molar-refractivity contribution in [3.05, 3.63) is 59.5 Å². The smallest absolute Gasteiger partial charge is 0.284 e. The number of nitrogens with zero attached hydrogens (tertiary/aromatic N) is 3. The van der Waals surface area contributed by atoms with Gasteiger partial charge in [-0.15, -0.1) is 0 Å². The summed E-state index contributed by atoms with van der Waals surface area (Å²) < 4.78 is 34.5. The predicted octanol–water partition coefficient (Wildman–Crippen LogP) is 2.17. The van der Waals surface area contributed by atoms with Crippen LogP contribution in [0.2, 0.25) is 5.02 Å². The second kappa shape index (κ2) is 8.69. The Kier molecular flexibility index (Phi) is 5.99. The summed E-state index contributed by atoms with van der Waals surface area (Å²) in [5.74, 6) is -0.00748. The Labute approximate surface area is 183 Å². The zero-order chi connectivity index (χ0) is 22.0. The molecule has 1 fully saturated rings.